The Morgan fingerprint density at radius 3 is 2.30 bits per heavy atom. The molecule has 0 fully saturated rings. The highest BCUT2D eigenvalue weighted by Gasteiger charge is 2.13. The van der Waals surface area contributed by atoms with E-state index in [0.29, 0.717) is 11.3 Å². The molecule has 0 aliphatic rings. The van der Waals surface area contributed by atoms with E-state index < -0.39 is 6.10 Å². The number of aliphatic hydroxyl groups is 1. The number of pyridine rings is 1. The molecule has 3 aromatic rings. The fraction of sp³-hybridized carbons (Fsp3) is 0.100. The van der Waals surface area contributed by atoms with Crippen LogP contribution in [-0.2, 0) is 0 Å². The van der Waals surface area contributed by atoms with E-state index in [2.05, 4.69) is 11.1 Å². The van der Waals surface area contributed by atoms with Gasteiger partial charge in [-0.3, -0.25) is 4.98 Å². The monoisotopic (exact) mass is 300 g/mol. The van der Waals surface area contributed by atoms with Gasteiger partial charge < -0.3 is 5.11 Å². The number of hydrogen-bond donors (Lipinski definition) is 1. The van der Waals surface area contributed by atoms with Crippen molar-refractivity contribution in [3.05, 3.63) is 89.2 Å². The van der Waals surface area contributed by atoms with Crippen molar-refractivity contribution >= 4 is 0 Å². The summed E-state index contributed by atoms with van der Waals surface area (Å²) >= 11 is 0. The summed E-state index contributed by atoms with van der Waals surface area (Å²) in [6, 6.07) is 22.9. The van der Waals surface area contributed by atoms with Crippen molar-refractivity contribution in [3.63, 3.8) is 0 Å². The molecule has 0 spiro atoms. The predicted molar refractivity (Wildman–Crippen MR) is 89.6 cm³/mol. The maximum Gasteiger partial charge on any atom is 0.121 e. The molecular formula is C20H16N2O. The highest BCUT2D eigenvalue weighted by atomic mass is 16.3. The van der Waals surface area contributed by atoms with Crippen LogP contribution in [0.3, 0.4) is 0 Å². The Morgan fingerprint density at radius 2 is 1.65 bits per heavy atom. The Balaban J connectivity index is 2.00. The average molecular weight is 300 g/mol. The molecule has 1 atom stereocenters. The van der Waals surface area contributed by atoms with Crippen LogP contribution < -0.4 is 0 Å². The lowest BCUT2D eigenvalue weighted by Crippen LogP contribution is -2.03. The largest absolute Gasteiger partial charge is 0.382 e. The number of aromatic nitrogens is 1. The molecule has 0 amide bonds. The third-order valence-electron chi connectivity index (χ3n) is 3.72. The van der Waals surface area contributed by atoms with Gasteiger partial charge >= 0.3 is 0 Å². The highest BCUT2D eigenvalue weighted by molar-refractivity contribution is 5.65. The number of nitriles is 1. The average Bonchev–Trinajstić information content (AvgIpc) is 2.61. The minimum Gasteiger partial charge on any atom is -0.382 e. The first-order valence-electron chi connectivity index (χ1n) is 7.39. The molecule has 3 rings (SSSR count). The number of aryl methyl sites for hydroxylation is 1. The molecule has 0 bridgehead atoms. The summed E-state index contributed by atoms with van der Waals surface area (Å²) in [7, 11) is 0. The second-order valence-corrected chi connectivity index (χ2v) is 5.42. The van der Waals surface area contributed by atoms with E-state index in [1.165, 1.54) is 0 Å². The Labute approximate surface area is 135 Å². The van der Waals surface area contributed by atoms with Crippen LogP contribution in [0.15, 0.2) is 66.7 Å². The topological polar surface area (TPSA) is 56.9 Å². The van der Waals surface area contributed by atoms with Crippen LogP contribution in [0.2, 0.25) is 0 Å². The molecular weight excluding hydrogens is 284 g/mol. The normalized spacial score (nSPS) is 11.7. The van der Waals surface area contributed by atoms with Crippen LogP contribution in [0.25, 0.3) is 11.1 Å². The van der Waals surface area contributed by atoms with Crippen LogP contribution in [0.5, 0.6) is 0 Å². The standard InChI is InChI=1S/C20H16N2O/c1-14-11-18(16-9-7-15(13-21)8-10-16)12-19(22-14)20(23)17-5-3-2-4-6-17/h2-12,20,23H,1H3/t20-/m1/s1. The lowest BCUT2D eigenvalue weighted by atomic mass is 10.00. The van der Waals surface area contributed by atoms with Gasteiger partial charge in [-0.15, -0.1) is 0 Å². The van der Waals surface area contributed by atoms with Crippen molar-refractivity contribution in [2.45, 2.75) is 13.0 Å². The van der Waals surface area contributed by atoms with E-state index in [1.54, 1.807) is 12.1 Å². The second kappa shape index (κ2) is 6.43. The smallest absolute Gasteiger partial charge is 0.121 e. The van der Waals surface area contributed by atoms with Gasteiger partial charge in [0.15, 0.2) is 0 Å². The summed E-state index contributed by atoms with van der Waals surface area (Å²) in [4.78, 5) is 4.47. The molecule has 2 aromatic carbocycles. The van der Waals surface area contributed by atoms with Crippen LogP contribution in [0.4, 0.5) is 0 Å². The van der Waals surface area contributed by atoms with Gasteiger partial charge in [-0.1, -0.05) is 42.5 Å². The molecule has 0 radical (unpaired) electrons. The Morgan fingerprint density at radius 1 is 0.957 bits per heavy atom. The number of rotatable bonds is 3. The van der Waals surface area contributed by atoms with Gasteiger partial charge in [0.05, 0.1) is 17.3 Å². The van der Waals surface area contributed by atoms with Crippen LogP contribution in [-0.4, -0.2) is 10.1 Å². The summed E-state index contributed by atoms with van der Waals surface area (Å²) in [5, 5.41) is 19.5. The molecule has 3 heteroatoms. The molecule has 0 saturated heterocycles. The maximum atomic E-state index is 10.6. The first-order chi connectivity index (χ1) is 11.2. The molecule has 3 nitrogen and oxygen atoms in total. The number of hydrogen-bond acceptors (Lipinski definition) is 3. The van der Waals surface area contributed by atoms with Gasteiger partial charge in [-0.25, -0.2) is 0 Å². The first-order valence-corrected chi connectivity index (χ1v) is 7.39. The second-order valence-electron chi connectivity index (χ2n) is 5.42. The molecule has 1 heterocycles. The molecule has 23 heavy (non-hydrogen) atoms. The number of benzene rings is 2. The van der Waals surface area contributed by atoms with Gasteiger partial charge in [0.25, 0.3) is 0 Å². The van der Waals surface area contributed by atoms with Crippen LogP contribution in [0.1, 0.15) is 28.6 Å². The third-order valence-corrected chi connectivity index (χ3v) is 3.72. The summed E-state index contributed by atoms with van der Waals surface area (Å²) < 4.78 is 0. The van der Waals surface area contributed by atoms with Gasteiger partial charge in [-0.2, -0.15) is 5.26 Å². The predicted octanol–water partition coefficient (Wildman–Crippen LogP) is 4.01. The van der Waals surface area contributed by atoms with E-state index in [4.69, 9.17) is 5.26 Å². The Kier molecular flexibility index (Phi) is 4.18. The third kappa shape index (κ3) is 3.28. The minimum atomic E-state index is -0.756. The van der Waals surface area contributed by atoms with Crippen molar-refractivity contribution in [2.24, 2.45) is 0 Å². The Bertz CT molecular complexity index is 849. The summed E-state index contributed by atoms with van der Waals surface area (Å²) in [5.41, 5.74) is 4.89. The SMILES string of the molecule is Cc1cc(-c2ccc(C#N)cc2)cc([C@H](O)c2ccccc2)n1. The van der Waals surface area contributed by atoms with Gasteiger partial charge in [0, 0.05) is 5.69 Å². The molecule has 0 aliphatic carbocycles. The van der Waals surface area contributed by atoms with Crippen molar-refractivity contribution in [3.8, 4) is 17.2 Å². The van der Waals surface area contributed by atoms with Gasteiger partial charge in [0.1, 0.15) is 6.10 Å². The summed E-state index contributed by atoms with van der Waals surface area (Å²) in [5.74, 6) is 0. The van der Waals surface area contributed by atoms with E-state index in [1.807, 2.05) is 61.5 Å². The number of nitrogens with zero attached hydrogens (tertiary/aromatic N) is 2. The van der Waals surface area contributed by atoms with Crippen molar-refractivity contribution in [1.29, 1.82) is 5.26 Å². The number of aliphatic hydroxyl groups excluding tert-OH is 1. The van der Waals surface area contributed by atoms with Crippen LogP contribution in [0, 0.1) is 18.3 Å². The van der Waals surface area contributed by atoms with Gasteiger partial charge in [0.2, 0.25) is 0 Å². The molecule has 0 saturated carbocycles. The molecule has 1 aromatic heterocycles. The fourth-order valence-electron chi connectivity index (χ4n) is 2.54. The first kappa shape index (κ1) is 15.0. The van der Waals surface area contributed by atoms with E-state index in [-0.39, 0.29) is 0 Å². The minimum absolute atomic E-state index is 0.621. The van der Waals surface area contributed by atoms with E-state index in [9.17, 15) is 5.11 Å². The molecule has 0 aliphatic heterocycles. The molecule has 1 N–H and O–H groups in total. The van der Waals surface area contributed by atoms with Crippen molar-refractivity contribution in [2.75, 3.05) is 0 Å². The quantitative estimate of drug-likeness (QED) is 0.795. The highest BCUT2D eigenvalue weighted by Crippen LogP contribution is 2.26. The maximum absolute atomic E-state index is 10.6. The zero-order valence-corrected chi connectivity index (χ0v) is 12.8. The fourth-order valence-corrected chi connectivity index (χ4v) is 2.54. The molecule has 0 unspecified atom stereocenters. The van der Waals surface area contributed by atoms with Gasteiger partial charge in [-0.05, 0) is 47.9 Å². The zero-order valence-electron chi connectivity index (χ0n) is 12.8. The Hall–Kier alpha value is -2.96. The lowest BCUT2D eigenvalue weighted by molar-refractivity contribution is 0.215. The summed E-state index contributed by atoms with van der Waals surface area (Å²) in [6.45, 7) is 1.91. The van der Waals surface area contributed by atoms with E-state index >= 15 is 0 Å². The lowest BCUT2D eigenvalue weighted by Gasteiger charge is -2.13. The molecule has 112 valence electrons. The van der Waals surface area contributed by atoms with Crippen LogP contribution >= 0.6 is 0 Å². The summed E-state index contributed by atoms with van der Waals surface area (Å²) in [6.07, 6.45) is -0.756. The van der Waals surface area contributed by atoms with Crippen molar-refractivity contribution < 1.29 is 5.11 Å². The van der Waals surface area contributed by atoms with E-state index in [0.717, 1.165) is 22.4 Å². The zero-order chi connectivity index (χ0) is 16.2. The van der Waals surface area contributed by atoms with Crippen molar-refractivity contribution in [1.82, 2.24) is 4.98 Å².